The maximum atomic E-state index is 12.6. The van der Waals surface area contributed by atoms with Crippen LogP contribution in [0.3, 0.4) is 0 Å². The molecule has 1 aromatic carbocycles. The number of carbonyl (C=O) groups is 1. The molecule has 10 heteroatoms. The van der Waals surface area contributed by atoms with Crippen LogP contribution in [0.1, 0.15) is 9.67 Å². The minimum Gasteiger partial charge on any atom is -0.381 e. The fourth-order valence-corrected chi connectivity index (χ4v) is 4.60. The molecule has 26 heavy (non-hydrogen) atoms. The van der Waals surface area contributed by atoms with Crippen molar-refractivity contribution in [1.29, 1.82) is 0 Å². The fraction of sp³-hybridized carbons (Fsp3) is 0.250. The van der Waals surface area contributed by atoms with Gasteiger partial charge in [-0.1, -0.05) is 11.6 Å². The van der Waals surface area contributed by atoms with E-state index in [0.29, 0.717) is 16.6 Å². The molecule has 3 aromatic rings. The maximum Gasteiger partial charge on any atom is 0.264 e. The topological polar surface area (TPSA) is 97.4 Å². The molecule has 4 rings (SSSR count). The van der Waals surface area contributed by atoms with Crippen molar-refractivity contribution >= 4 is 65.6 Å². The van der Waals surface area contributed by atoms with Crippen molar-refractivity contribution in [1.82, 2.24) is 10.3 Å². The van der Waals surface area contributed by atoms with E-state index in [9.17, 15) is 13.2 Å². The maximum absolute atomic E-state index is 12.6. The van der Waals surface area contributed by atoms with Crippen molar-refractivity contribution < 1.29 is 17.4 Å². The molecule has 7 nitrogen and oxygen atoms in total. The summed E-state index contributed by atoms with van der Waals surface area (Å²) in [5, 5.41) is 8.28. The zero-order valence-corrected chi connectivity index (χ0v) is 16.0. The first-order chi connectivity index (χ1) is 12.3. The summed E-state index contributed by atoms with van der Waals surface area (Å²) in [5.41, 5.74) is 1.47. The second-order valence-corrected chi connectivity index (χ2v) is 9.07. The third kappa shape index (κ3) is 3.23. The number of benzene rings is 1. The lowest BCUT2D eigenvalue weighted by Crippen LogP contribution is -2.41. The zero-order chi connectivity index (χ0) is 18.5. The number of halogens is 1. The van der Waals surface area contributed by atoms with Crippen LogP contribution in [0.15, 0.2) is 24.3 Å². The third-order valence-electron chi connectivity index (χ3n) is 4.04. The Kier molecular flexibility index (Phi) is 4.26. The second-order valence-electron chi connectivity index (χ2n) is 5.99. The average molecular weight is 412 g/mol. The van der Waals surface area contributed by atoms with Crippen molar-refractivity contribution in [3.8, 4) is 0 Å². The van der Waals surface area contributed by atoms with Gasteiger partial charge in [-0.15, -0.1) is 11.3 Å². The van der Waals surface area contributed by atoms with Crippen molar-refractivity contribution in [2.75, 3.05) is 24.7 Å². The van der Waals surface area contributed by atoms with Crippen LogP contribution in [-0.4, -0.2) is 44.8 Å². The van der Waals surface area contributed by atoms with Crippen LogP contribution in [0.2, 0.25) is 5.15 Å². The number of hydrogen-bond donors (Lipinski definition) is 2. The standard InChI is InChI=1S/C16H14ClN3O4S2/c1-26(22,23)24-7-8-6-18-14-13-9-2-5-12(17)20-10(9)3-4-11(13)25-15(14)16(21)19-8/h2-5,8,18H,6-7H2,1H3,(H,19,21)/t8-/m1/s1. The summed E-state index contributed by atoms with van der Waals surface area (Å²) in [7, 11) is -3.57. The molecule has 1 aliphatic heterocycles. The number of rotatable bonds is 3. The molecule has 0 spiro atoms. The first-order valence-corrected chi connectivity index (χ1v) is 10.7. The van der Waals surface area contributed by atoms with Crippen LogP contribution in [-0.2, 0) is 14.3 Å². The first-order valence-electron chi connectivity index (χ1n) is 7.73. The number of anilines is 1. The van der Waals surface area contributed by atoms with Crippen LogP contribution in [0.25, 0.3) is 21.0 Å². The lowest BCUT2D eigenvalue weighted by molar-refractivity contribution is 0.0933. The Bertz CT molecular complexity index is 1140. The summed E-state index contributed by atoms with van der Waals surface area (Å²) in [6.45, 7) is 0.222. The molecule has 0 bridgehead atoms. The number of carbonyl (C=O) groups excluding carboxylic acids is 1. The van der Waals surface area contributed by atoms with E-state index in [1.165, 1.54) is 11.3 Å². The van der Waals surface area contributed by atoms with E-state index in [1.807, 2.05) is 18.2 Å². The molecule has 3 heterocycles. The largest absolute Gasteiger partial charge is 0.381 e. The molecule has 136 valence electrons. The minimum absolute atomic E-state index is 0.123. The highest BCUT2D eigenvalue weighted by Crippen LogP contribution is 2.40. The van der Waals surface area contributed by atoms with Crippen molar-refractivity contribution in [3.05, 3.63) is 34.3 Å². The van der Waals surface area contributed by atoms with E-state index in [1.54, 1.807) is 6.07 Å². The zero-order valence-electron chi connectivity index (χ0n) is 13.6. The van der Waals surface area contributed by atoms with Crippen molar-refractivity contribution in [2.45, 2.75) is 6.04 Å². The Morgan fingerprint density at radius 3 is 2.92 bits per heavy atom. The van der Waals surface area contributed by atoms with E-state index < -0.39 is 16.2 Å². The minimum atomic E-state index is -3.57. The van der Waals surface area contributed by atoms with Crippen LogP contribution in [0, 0.1) is 0 Å². The smallest absolute Gasteiger partial charge is 0.264 e. The Balaban J connectivity index is 1.76. The van der Waals surface area contributed by atoms with E-state index in [4.69, 9.17) is 15.8 Å². The van der Waals surface area contributed by atoms with Crippen LogP contribution in [0.4, 0.5) is 5.69 Å². The summed E-state index contributed by atoms with van der Waals surface area (Å²) >= 11 is 7.35. The van der Waals surface area contributed by atoms with Gasteiger partial charge in [-0.3, -0.25) is 8.98 Å². The molecule has 0 fully saturated rings. The van der Waals surface area contributed by atoms with Gasteiger partial charge in [-0.2, -0.15) is 8.42 Å². The molecule has 1 atom stereocenters. The number of thiophene rings is 1. The first kappa shape index (κ1) is 17.5. The van der Waals surface area contributed by atoms with Crippen LogP contribution in [0.5, 0.6) is 0 Å². The average Bonchev–Trinajstić information content (AvgIpc) is 2.87. The van der Waals surface area contributed by atoms with Gasteiger partial charge in [0.25, 0.3) is 16.0 Å². The van der Waals surface area contributed by atoms with E-state index >= 15 is 0 Å². The Labute approximate surface area is 158 Å². The van der Waals surface area contributed by atoms with Gasteiger partial charge >= 0.3 is 0 Å². The third-order valence-corrected chi connectivity index (χ3v) is 5.97. The van der Waals surface area contributed by atoms with Gasteiger partial charge in [0.15, 0.2) is 0 Å². The summed E-state index contributed by atoms with van der Waals surface area (Å²) in [5.74, 6) is -0.261. The highest BCUT2D eigenvalue weighted by Gasteiger charge is 2.27. The van der Waals surface area contributed by atoms with Gasteiger partial charge < -0.3 is 10.6 Å². The molecule has 2 N–H and O–H groups in total. The van der Waals surface area contributed by atoms with Crippen molar-refractivity contribution in [3.63, 3.8) is 0 Å². The predicted molar refractivity (Wildman–Crippen MR) is 103 cm³/mol. The molecular weight excluding hydrogens is 398 g/mol. The summed E-state index contributed by atoms with van der Waals surface area (Å²) in [6, 6.07) is 6.93. The summed E-state index contributed by atoms with van der Waals surface area (Å²) < 4.78 is 28.1. The summed E-state index contributed by atoms with van der Waals surface area (Å²) in [6.07, 6.45) is 0.980. The van der Waals surface area contributed by atoms with Crippen LogP contribution < -0.4 is 10.6 Å². The van der Waals surface area contributed by atoms with Gasteiger partial charge in [0.05, 0.1) is 30.1 Å². The van der Waals surface area contributed by atoms with E-state index in [-0.39, 0.29) is 12.5 Å². The summed E-state index contributed by atoms with van der Waals surface area (Å²) in [4.78, 5) is 17.5. The number of fused-ring (bicyclic) bond motifs is 5. The molecular formula is C16H14ClN3O4S2. The van der Waals surface area contributed by atoms with Gasteiger partial charge in [-0.05, 0) is 24.3 Å². The van der Waals surface area contributed by atoms with Gasteiger partial charge in [-0.25, -0.2) is 4.98 Å². The number of nitrogens with one attached hydrogen (secondary N) is 2. The fourth-order valence-electron chi connectivity index (χ4n) is 2.94. The number of aromatic nitrogens is 1. The Hall–Kier alpha value is -1.94. The second kappa shape index (κ2) is 6.34. The predicted octanol–water partition coefficient (Wildman–Crippen LogP) is 2.60. The molecule has 0 aliphatic carbocycles. The normalized spacial score (nSPS) is 17.6. The Morgan fingerprint density at radius 1 is 1.35 bits per heavy atom. The molecule has 1 amide bonds. The van der Waals surface area contributed by atoms with E-state index in [0.717, 1.165) is 32.9 Å². The quantitative estimate of drug-likeness (QED) is 0.508. The van der Waals surface area contributed by atoms with Gasteiger partial charge in [0, 0.05) is 22.0 Å². The molecule has 0 unspecified atom stereocenters. The lowest BCUT2D eigenvalue weighted by Gasteiger charge is -2.15. The Morgan fingerprint density at radius 2 is 2.15 bits per heavy atom. The molecule has 0 saturated carbocycles. The monoisotopic (exact) mass is 411 g/mol. The SMILES string of the molecule is CS(=O)(=O)OC[C@H]1CNc2c(sc3ccc4nc(Cl)ccc4c23)C(=O)N1. The lowest BCUT2D eigenvalue weighted by atomic mass is 10.1. The molecule has 0 radical (unpaired) electrons. The highest BCUT2D eigenvalue weighted by atomic mass is 35.5. The number of pyridine rings is 1. The highest BCUT2D eigenvalue weighted by molar-refractivity contribution is 7.85. The molecule has 2 aromatic heterocycles. The molecule has 0 saturated heterocycles. The van der Waals surface area contributed by atoms with Crippen molar-refractivity contribution in [2.24, 2.45) is 0 Å². The number of hydrogen-bond acceptors (Lipinski definition) is 7. The van der Waals surface area contributed by atoms with E-state index in [2.05, 4.69) is 15.6 Å². The number of amides is 1. The number of nitrogens with zero attached hydrogens (tertiary/aromatic N) is 1. The van der Waals surface area contributed by atoms with Gasteiger partial charge in [0.1, 0.15) is 10.0 Å². The van der Waals surface area contributed by atoms with Crippen LogP contribution >= 0.6 is 22.9 Å². The van der Waals surface area contributed by atoms with Gasteiger partial charge in [0.2, 0.25) is 0 Å². The molecule has 1 aliphatic rings.